The quantitative estimate of drug-likeness (QED) is 0.346. The number of esters is 1. The zero-order valence-electron chi connectivity index (χ0n) is 7.14. The maximum absolute atomic E-state index is 10.9. The van der Waals surface area contributed by atoms with E-state index in [0.717, 1.165) is 6.42 Å². The Kier molecular flexibility index (Phi) is 2.04. The molecule has 0 aromatic carbocycles. The van der Waals surface area contributed by atoms with Gasteiger partial charge in [0.25, 0.3) is 0 Å². The Hall–Kier alpha value is -1.32. The maximum atomic E-state index is 10.9. The number of fused-ring (bicyclic) bond motifs is 1. The summed E-state index contributed by atoms with van der Waals surface area (Å²) < 4.78 is 5.12. The maximum Gasteiger partial charge on any atom is 0.306 e. The second kappa shape index (κ2) is 3.20. The number of carbonyl (C=O) groups is 1. The van der Waals surface area contributed by atoms with Crippen LogP contribution in [0.4, 0.5) is 0 Å². The second-order valence-corrected chi connectivity index (χ2v) is 3.41. The Morgan fingerprint density at radius 2 is 2.46 bits per heavy atom. The van der Waals surface area contributed by atoms with Gasteiger partial charge in [-0.05, 0) is 25.0 Å². The van der Waals surface area contributed by atoms with Crippen LogP contribution in [0.5, 0.6) is 0 Å². The summed E-state index contributed by atoms with van der Waals surface area (Å²) in [5, 5.41) is 11.7. The van der Waals surface area contributed by atoms with Gasteiger partial charge in [0, 0.05) is 12.3 Å². The number of hydrogen-bond acceptors (Lipinski definition) is 4. The molecule has 1 fully saturated rings. The summed E-state index contributed by atoms with van der Waals surface area (Å²) in [5.74, 6) is 0.170. The minimum absolute atomic E-state index is 0.105. The van der Waals surface area contributed by atoms with Crippen molar-refractivity contribution >= 4 is 11.7 Å². The molecule has 0 spiro atoms. The molecule has 0 aromatic rings. The molecule has 1 heterocycles. The fraction of sp³-hybridized carbons (Fsp3) is 0.556. The minimum atomic E-state index is -0.129. The first-order valence-electron chi connectivity index (χ1n) is 4.38. The Morgan fingerprint density at radius 3 is 3.23 bits per heavy atom. The Morgan fingerprint density at radius 1 is 1.62 bits per heavy atom. The van der Waals surface area contributed by atoms with E-state index in [1.54, 1.807) is 12.2 Å². The molecule has 4 nitrogen and oxygen atoms in total. The van der Waals surface area contributed by atoms with Gasteiger partial charge >= 0.3 is 5.97 Å². The molecule has 70 valence electrons. The van der Waals surface area contributed by atoms with E-state index in [1.807, 2.05) is 0 Å². The summed E-state index contributed by atoms with van der Waals surface area (Å²) in [7, 11) is 0. The zero-order chi connectivity index (χ0) is 9.26. The summed E-state index contributed by atoms with van der Waals surface area (Å²) in [4.78, 5) is 10.9. The van der Waals surface area contributed by atoms with Gasteiger partial charge in [0.1, 0.15) is 6.10 Å². The first-order chi connectivity index (χ1) is 6.29. The average molecular weight is 181 g/mol. The van der Waals surface area contributed by atoms with Gasteiger partial charge in [0.05, 0.1) is 5.71 Å². The van der Waals surface area contributed by atoms with Crippen molar-refractivity contribution in [3.63, 3.8) is 0 Å². The van der Waals surface area contributed by atoms with Crippen molar-refractivity contribution in [3.05, 3.63) is 12.2 Å². The molecule has 1 aliphatic carbocycles. The third kappa shape index (κ3) is 1.56. The molecule has 4 heteroatoms. The highest BCUT2D eigenvalue weighted by atomic mass is 16.5. The van der Waals surface area contributed by atoms with E-state index in [4.69, 9.17) is 9.94 Å². The van der Waals surface area contributed by atoms with Crippen LogP contribution in [0.1, 0.15) is 19.3 Å². The van der Waals surface area contributed by atoms with Crippen LogP contribution in [0, 0.1) is 5.92 Å². The molecule has 1 aliphatic heterocycles. The van der Waals surface area contributed by atoms with E-state index >= 15 is 0 Å². The zero-order valence-corrected chi connectivity index (χ0v) is 7.14. The molecule has 13 heavy (non-hydrogen) atoms. The first-order valence-corrected chi connectivity index (χ1v) is 4.38. The number of allylic oxidation sites excluding steroid dienone is 1. The molecule has 0 radical (unpaired) electrons. The molecule has 2 rings (SSSR count). The third-order valence-corrected chi connectivity index (χ3v) is 2.53. The van der Waals surface area contributed by atoms with Gasteiger partial charge in [0.2, 0.25) is 0 Å². The highest BCUT2D eigenvalue weighted by molar-refractivity contribution is 5.95. The number of carbonyl (C=O) groups excluding carboxylic acids is 1. The molecule has 2 aliphatic rings. The van der Waals surface area contributed by atoms with E-state index in [-0.39, 0.29) is 12.1 Å². The Balaban J connectivity index is 2.13. The largest absolute Gasteiger partial charge is 0.458 e. The summed E-state index contributed by atoms with van der Waals surface area (Å²) >= 11 is 0. The van der Waals surface area contributed by atoms with Crippen LogP contribution in [0.15, 0.2) is 17.3 Å². The van der Waals surface area contributed by atoms with Gasteiger partial charge in [-0.15, -0.1) is 0 Å². The second-order valence-electron chi connectivity index (χ2n) is 3.41. The molecule has 0 unspecified atom stereocenters. The molecular weight excluding hydrogens is 170 g/mol. The summed E-state index contributed by atoms with van der Waals surface area (Å²) in [6, 6.07) is 0. The highest BCUT2D eigenvalue weighted by Gasteiger charge is 2.32. The monoisotopic (exact) mass is 181 g/mol. The van der Waals surface area contributed by atoms with Gasteiger partial charge in [0.15, 0.2) is 0 Å². The van der Waals surface area contributed by atoms with Crippen molar-refractivity contribution in [2.24, 2.45) is 11.1 Å². The first kappa shape index (κ1) is 8.29. The Bertz CT molecular complexity index is 283. The SMILES string of the molecule is O=C1CC[C@H]2C/C(=N\O)C=C[C@H]2O1. The van der Waals surface area contributed by atoms with Gasteiger partial charge in [-0.25, -0.2) is 0 Å². The lowest BCUT2D eigenvalue weighted by molar-refractivity contribution is -0.154. The van der Waals surface area contributed by atoms with Crippen LogP contribution >= 0.6 is 0 Å². The number of hydrogen-bond donors (Lipinski definition) is 1. The highest BCUT2D eigenvalue weighted by Crippen LogP contribution is 2.29. The Labute approximate surface area is 75.9 Å². The van der Waals surface area contributed by atoms with Crippen LogP contribution in [0.2, 0.25) is 0 Å². The summed E-state index contributed by atoms with van der Waals surface area (Å²) in [6.07, 6.45) is 5.40. The topological polar surface area (TPSA) is 58.9 Å². The van der Waals surface area contributed by atoms with E-state index in [2.05, 4.69) is 5.16 Å². The van der Waals surface area contributed by atoms with E-state index in [1.165, 1.54) is 0 Å². The van der Waals surface area contributed by atoms with Crippen molar-refractivity contribution in [1.29, 1.82) is 0 Å². The molecular formula is C9H11NO3. The standard InChI is InChI=1S/C9H11NO3/c11-9-4-1-6-5-7(10-12)2-3-8(6)13-9/h2-3,6,8,12H,1,4-5H2/b10-7-/t6-,8+/m0/s1. The van der Waals surface area contributed by atoms with E-state index in [9.17, 15) is 4.79 Å². The van der Waals surface area contributed by atoms with Crippen molar-refractivity contribution in [1.82, 2.24) is 0 Å². The minimum Gasteiger partial charge on any atom is -0.458 e. The fourth-order valence-electron chi connectivity index (χ4n) is 1.81. The molecule has 0 saturated carbocycles. The smallest absolute Gasteiger partial charge is 0.306 e. The summed E-state index contributed by atoms with van der Waals surface area (Å²) in [6.45, 7) is 0. The van der Waals surface area contributed by atoms with E-state index < -0.39 is 0 Å². The lowest BCUT2D eigenvalue weighted by atomic mass is 9.85. The lowest BCUT2D eigenvalue weighted by Gasteiger charge is -2.31. The van der Waals surface area contributed by atoms with Crippen LogP contribution in [-0.4, -0.2) is 23.0 Å². The fourth-order valence-corrected chi connectivity index (χ4v) is 1.81. The predicted molar refractivity (Wildman–Crippen MR) is 45.6 cm³/mol. The van der Waals surface area contributed by atoms with Gasteiger partial charge in [-0.1, -0.05) is 5.16 Å². The number of oxime groups is 1. The van der Waals surface area contributed by atoms with Crippen molar-refractivity contribution < 1.29 is 14.7 Å². The third-order valence-electron chi connectivity index (χ3n) is 2.53. The molecule has 0 aromatic heterocycles. The summed E-state index contributed by atoms with van der Waals surface area (Å²) in [5.41, 5.74) is 0.666. The predicted octanol–water partition coefficient (Wildman–Crippen LogP) is 1.10. The van der Waals surface area contributed by atoms with Crippen LogP contribution in [-0.2, 0) is 9.53 Å². The number of ether oxygens (including phenoxy) is 1. The normalized spacial score (nSPS) is 35.7. The van der Waals surface area contributed by atoms with Gasteiger partial charge in [-0.3, -0.25) is 4.79 Å². The van der Waals surface area contributed by atoms with E-state index in [0.29, 0.717) is 24.5 Å². The van der Waals surface area contributed by atoms with Gasteiger partial charge in [-0.2, -0.15) is 0 Å². The van der Waals surface area contributed by atoms with Crippen LogP contribution in [0.25, 0.3) is 0 Å². The van der Waals surface area contributed by atoms with Crippen LogP contribution in [0.3, 0.4) is 0 Å². The number of nitrogens with zero attached hydrogens (tertiary/aromatic N) is 1. The van der Waals surface area contributed by atoms with Crippen molar-refractivity contribution in [2.75, 3.05) is 0 Å². The molecule has 1 N–H and O–H groups in total. The van der Waals surface area contributed by atoms with Crippen molar-refractivity contribution in [2.45, 2.75) is 25.4 Å². The molecule has 2 atom stereocenters. The molecule has 1 saturated heterocycles. The van der Waals surface area contributed by atoms with Crippen molar-refractivity contribution in [3.8, 4) is 0 Å². The van der Waals surface area contributed by atoms with Crippen LogP contribution < -0.4 is 0 Å². The average Bonchev–Trinajstić information content (AvgIpc) is 2.17. The van der Waals surface area contributed by atoms with Gasteiger partial charge < -0.3 is 9.94 Å². The molecule has 0 bridgehead atoms. The lowest BCUT2D eigenvalue weighted by Crippen LogP contribution is -2.34. The molecule has 0 amide bonds. The number of rotatable bonds is 0.